The van der Waals surface area contributed by atoms with E-state index in [1.165, 1.54) is 4.31 Å². The quantitative estimate of drug-likeness (QED) is 0.639. The molecule has 0 unspecified atom stereocenters. The molecule has 0 saturated carbocycles. The minimum absolute atomic E-state index is 0.0646. The number of benzene rings is 2. The Bertz CT molecular complexity index is 1240. The number of carbonyl (C=O) groups is 1. The summed E-state index contributed by atoms with van der Waals surface area (Å²) < 4.78 is 53.3. The average Bonchev–Trinajstić information content (AvgIpc) is 2.74. The van der Waals surface area contributed by atoms with Gasteiger partial charge in [0.05, 0.1) is 16.0 Å². The number of carbonyl (C=O) groups excluding carboxylic acids is 1. The number of hydrogen-bond acceptors (Lipinski definition) is 4. The first kappa shape index (κ1) is 20.4. The Kier molecular flexibility index (Phi) is 5.25. The molecule has 0 atom stereocenters. The molecule has 6 nitrogen and oxygen atoms in total. The fourth-order valence-electron chi connectivity index (χ4n) is 3.57. The van der Waals surface area contributed by atoms with Gasteiger partial charge in [-0.3, -0.25) is 9.78 Å². The van der Waals surface area contributed by atoms with Crippen molar-refractivity contribution in [2.75, 3.05) is 26.2 Å². The Morgan fingerprint density at radius 1 is 0.967 bits per heavy atom. The summed E-state index contributed by atoms with van der Waals surface area (Å²) in [6, 6.07) is 11.6. The molecule has 0 radical (unpaired) electrons. The van der Waals surface area contributed by atoms with Crippen molar-refractivity contribution in [3.8, 4) is 0 Å². The number of amides is 1. The Morgan fingerprint density at radius 2 is 1.67 bits per heavy atom. The number of pyridine rings is 1. The van der Waals surface area contributed by atoms with Gasteiger partial charge in [0.25, 0.3) is 5.91 Å². The molecule has 0 spiro atoms. The third kappa shape index (κ3) is 3.66. The number of halogens is 2. The highest BCUT2D eigenvalue weighted by Gasteiger charge is 2.31. The monoisotopic (exact) mass is 431 g/mol. The van der Waals surface area contributed by atoms with Crippen LogP contribution in [0.4, 0.5) is 8.78 Å². The Morgan fingerprint density at radius 3 is 2.37 bits per heavy atom. The van der Waals surface area contributed by atoms with Crippen LogP contribution in [0.2, 0.25) is 0 Å². The number of aryl methyl sites for hydroxylation is 1. The van der Waals surface area contributed by atoms with E-state index in [0.29, 0.717) is 11.6 Å². The van der Waals surface area contributed by atoms with Crippen molar-refractivity contribution in [1.82, 2.24) is 14.2 Å². The first-order valence-corrected chi connectivity index (χ1v) is 10.8. The minimum Gasteiger partial charge on any atom is -0.336 e. The van der Waals surface area contributed by atoms with Crippen LogP contribution in [0.15, 0.2) is 53.4 Å². The third-order valence-electron chi connectivity index (χ3n) is 5.13. The van der Waals surface area contributed by atoms with E-state index in [0.717, 1.165) is 28.7 Å². The smallest absolute Gasteiger partial charge is 0.254 e. The zero-order chi connectivity index (χ0) is 21.5. The molecule has 1 aliphatic heterocycles. The molecule has 30 heavy (non-hydrogen) atoms. The summed E-state index contributed by atoms with van der Waals surface area (Å²) in [4.78, 5) is 18.8. The lowest BCUT2D eigenvalue weighted by Gasteiger charge is -2.34. The predicted molar refractivity (Wildman–Crippen MR) is 108 cm³/mol. The summed E-state index contributed by atoms with van der Waals surface area (Å²) in [7, 11) is -3.98. The van der Waals surface area contributed by atoms with Gasteiger partial charge in [0, 0.05) is 37.3 Å². The van der Waals surface area contributed by atoms with Gasteiger partial charge in [-0.05, 0) is 37.3 Å². The zero-order valence-corrected chi connectivity index (χ0v) is 17.0. The molecule has 1 fully saturated rings. The van der Waals surface area contributed by atoms with Crippen molar-refractivity contribution >= 4 is 26.8 Å². The SMILES string of the molecule is Cc1cc(C(=O)N2CCN(S(=O)(=O)c3ccc(F)c(F)c3)CC2)c2ccccc2n1. The van der Waals surface area contributed by atoms with Crippen molar-refractivity contribution in [3.05, 3.63) is 71.4 Å². The van der Waals surface area contributed by atoms with E-state index in [4.69, 9.17) is 0 Å². The standard InChI is InChI=1S/C21H19F2N3O3S/c1-14-12-17(16-4-2-3-5-20(16)24-14)21(27)25-8-10-26(11-9-25)30(28,29)15-6-7-18(22)19(23)13-15/h2-7,12-13H,8-11H2,1H3. The topological polar surface area (TPSA) is 70.6 Å². The number of fused-ring (bicyclic) bond motifs is 1. The van der Waals surface area contributed by atoms with Gasteiger partial charge in [0.2, 0.25) is 10.0 Å². The summed E-state index contributed by atoms with van der Waals surface area (Å²) in [6.45, 7) is 2.33. The number of hydrogen-bond donors (Lipinski definition) is 0. The van der Waals surface area contributed by atoms with E-state index >= 15 is 0 Å². The largest absolute Gasteiger partial charge is 0.336 e. The van der Waals surface area contributed by atoms with Gasteiger partial charge in [-0.2, -0.15) is 4.31 Å². The van der Waals surface area contributed by atoms with E-state index in [1.807, 2.05) is 31.2 Å². The van der Waals surface area contributed by atoms with E-state index in [1.54, 1.807) is 11.0 Å². The molecule has 156 valence electrons. The second kappa shape index (κ2) is 7.73. The number of piperazine rings is 1. The van der Waals surface area contributed by atoms with Gasteiger partial charge in [-0.15, -0.1) is 0 Å². The zero-order valence-electron chi connectivity index (χ0n) is 16.2. The predicted octanol–water partition coefficient (Wildman–Crippen LogP) is 2.97. The van der Waals surface area contributed by atoms with Crippen LogP contribution in [-0.2, 0) is 10.0 Å². The van der Waals surface area contributed by atoms with Crippen LogP contribution in [0.25, 0.3) is 10.9 Å². The van der Waals surface area contributed by atoms with E-state index < -0.39 is 21.7 Å². The third-order valence-corrected chi connectivity index (χ3v) is 7.02. The van der Waals surface area contributed by atoms with Crippen molar-refractivity contribution in [3.63, 3.8) is 0 Å². The van der Waals surface area contributed by atoms with Gasteiger partial charge in [0.1, 0.15) is 0 Å². The fraction of sp³-hybridized carbons (Fsp3) is 0.238. The highest BCUT2D eigenvalue weighted by atomic mass is 32.2. The molecule has 0 N–H and O–H groups in total. The molecule has 2 aromatic carbocycles. The maximum atomic E-state index is 13.5. The van der Waals surface area contributed by atoms with Crippen molar-refractivity contribution in [2.45, 2.75) is 11.8 Å². The summed E-state index contributed by atoms with van der Waals surface area (Å²) in [6.07, 6.45) is 0. The molecular weight excluding hydrogens is 412 g/mol. The van der Waals surface area contributed by atoms with Crippen LogP contribution >= 0.6 is 0 Å². The van der Waals surface area contributed by atoms with Crippen LogP contribution in [0, 0.1) is 18.6 Å². The Labute approximate surface area is 172 Å². The van der Waals surface area contributed by atoms with E-state index in [2.05, 4.69) is 4.98 Å². The van der Waals surface area contributed by atoms with Gasteiger partial charge in [-0.1, -0.05) is 18.2 Å². The van der Waals surface area contributed by atoms with Crippen molar-refractivity contribution in [1.29, 1.82) is 0 Å². The van der Waals surface area contributed by atoms with Gasteiger partial charge >= 0.3 is 0 Å². The Hall–Kier alpha value is -2.91. The number of nitrogens with zero attached hydrogens (tertiary/aromatic N) is 3. The summed E-state index contributed by atoms with van der Waals surface area (Å²) in [5, 5.41) is 0.741. The number of para-hydroxylation sites is 1. The molecule has 9 heteroatoms. The molecule has 4 rings (SSSR count). The van der Waals surface area contributed by atoms with Crippen LogP contribution < -0.4 is 0 Å². The molecule has 0 bridgehead atoms. The average molecular weight is 431 g/mol. The first-order chi connectivity index (χ1) is 14.3. The maximum Gasteiger partial charge on any atom is 0.254 e. The molecule has 1 aliphatic rings. The summed E-state index contributed by atoms with van der Waals surface area (Å²) >= 11 is 0. The first-order valence-electron chi connectivity index (χ1n) is 9.38. The number of sulfonamides is 1. The molecule has 1 saturated heterocycles. The van der Waals surface area contributed by atoms with Gasteiger partial charge in [-0.25, -0.2) is 17.2 Å². The minimum atomic E-state index is -3.98. The van der Waals surface area contributed by atoms with Crippen LogP contribution in [0.3, 0.4) is 0 Å². The summed E-state index contributed by atoms with van der Waals surface area (Å²) in [5.74, 6) is -2.52. The second-order valence-electron chi connectivity index (χ2n) is 7.10. The highest BCUT2D eigenvalue weighted by Crippen LogP contribution is 2.23. The van der Waals surface area contributed by atoms with Crippen LogP contribution in [0.1, 0.15) is 16.1 Å². The molecule has 1 amide bonds. The van der Waals surface area contributed by atoms with E-state index in [9.17, 15) is 22.0 Å². The van der Waals surface area contributed by atoms with Crippen LogP contribution in [0.5, 0.6) is 0 Å². The molecule has 2 heterocycles. The lowest BCUT2D eigenvalue weighted by Crippen LogP contribution is -2.50. The second-order valence-corrected chi connectivity index (χ2v) is 9.04. The maximum absolute atomic E-state index is 13.5. The van der Waals surface area contributed by atoms with Gasteiger partial charge in [0.15, 0.2) is 11.6 Å². The normalized spacial score (nSPS) is 15.5. The fourth-order valence-corrected chi connectivity index (χ4v) is 5.01. The lowest BCUT2D eigenvalue weighted by molar-refractivity contribution is 0.0699. The molecule has 3 aromatic rings. The highest BCUT2D eigenvalue weighted by molar-refractivity contribution is 7.89. The Balaban J connectivity index is 1.54. The molecule has 1 aromatic heterocycles. The number of rotatable bonds is 3. The lowest BCUT2D eigenvalue weighted by atomic mass is 10.1. The molecule has 0 aliphatic carbocycles. The van der Waals surface area contributed by atoms with Crippen molar-refractivity contribution < 1.29 is 22.0 Å². The number of aromatic nitrogens is 1. The van der Waals surface area contributed by atoms with E-state index in [-0.39, 0.29) is 37.0 Å². The molecular formula is C21H19F2N3O3S. The summed E-state index contributed by atoms with van der Waals surface area (Å²) in [5.41, 5.74) is 1.96. The van der Waals surface area contributed by atoms with Gasteiger partial charge < -0.3 is 4.90 Å². The van der Waals surface area contributed by atoms with Crippen LogP contribution in [-0.4, -0.2) is 54.7 Å². The van der Waals surface area contributed by atoms with Crippen molar-refractivity contribution in [2.24, 2.45) is 0 Å².